The first kappa shape index (κ1) is 19.8. The van der Waals surface area contributed by atoms with Crippen molar-refractivity contribution >= 4 is 21.6 Å². The highest BCUT2D eigenvalue weighted by Gasteiger charge is 2.17. The fraction of sp³-hybridized carbons (Fsp3) is 0.316. The second kappa shape index (κ2) is 7.78. The van der Waals surface area contributed by atoms with E-state index in [-0.39, 0.29) is 11.9 Å². The minimum absolute atomic E-state index is 0.174. The topological polar surface area (TPSA) is 75.7 Å². The van der Waals surface area contributed by atoms with E-state index in [4.69, 9.17) is 4.74 Å². The number of rotatable bonds is 6. The van der Waals surface area contributed by atoms with Crippen LogP contribution in [-0.4, -0.2) is 34.7 Å². The lowest BCUT2D eigenvalue weighted by Crippen LogP contribution is -2.28. The van der Waals surface area contributed by atoms with Gasteiger partial charge in [0.25, 0.3) is 5.91 Å². The van der Waals surface area contributed by atoms with Crippen molar-refractivity contribution in [2.45, 2.75) is 19.9 Å². The molecule has 2 aromatic carbocycles. The second-order valence-electron chi connectivity index (χ2n) is 6.20. The number of anilines is 1. The molecule has 140 valence electrons. The van der Waals surface area contributed by atoms with E-state index >= 15 is 0 Å². The summed E-state index contributed by atoms with van der Waals surface area (Å²) in [6.45, 7) is 3.68. The Bertz CT molecular complexity index is 892. The number of carbonyl (C=O) groups excluding carboxylic acids is 1. The summed E-state index contributed by atoms with van der Waals surface area (Å²) in [4.78, 5) is 12.5. The van der Waals surface area contributed by atoms with Crippen LogP contribution in [0.3, 0.4) is 0 Å². The number of nitrogens with zero attached hydrogens (tertiary/aromatic N) is 1. The number of methoxy groups -OCH3 is 1. The highest BCUT2D eigenvalue weighted by Crippen LogP contribution is 2.23. The number of benzene rings is 2. The quantitative estimate of drug-likeness (QED) is 0.841. The molecule has 0 radical (unpaired) electrons. The average molecular weight is 376 g/mol. The standard InChI is InChI=1S/C19H24N2O4S/c1-13-12-16(8-11-18(13)21(3)26(5,23)24)19(22)20-14(2)15-6-9-17(25-4)10-7-15/h6-12,14H,1-5H3,(H,20,22)/t14-/m0/s1. The van der Waals surface area contributed by atoms with Gasteiger partial charge in [-0.15, -0.1) is 0 Å². The van der Waals surface area contributed by atoms with E-state index in [9.17, 15) is 13.2 Å². The number of aryl methyl sites for hydroxylation is 1. The van der Waals surface area contributed by atoms with Crippen LogP contribution < -0.4 is 14.4 Å². The number of amides is 1. The average Bonchev–Trinajstić information content (AvgIpc) is 2.60. The SMILES string of the molecule is COc1ccc([C@H](C)NC(=O)c2ccc(N(C)S(C)(=O)=O)c(C)c2)cc1. The van der Waals surface area contributed by atoms with E-state index in [2.05, 4.69) is 5.32 Å². The molecular formula is C19H24N2O4S. The molecule has 7 heteroatoms. The van der Waals surface area contributed by atoms with Crippen LogP contribution in [0.1, 0.15) is 34.5 Å². The van der Waals surface area contributed by atoms with Gasteiger partial charge in [0.2, 0.25) is 10.0 Å². The molecule has 0 aromatic heterocycles. The van der Waals surface area contributed by atoms with Crippen LogP contribution in [0.4, 0.5) is 5.69 Å². The molecule has 26 heavy (non-hydrogen) atoms. The Morgan fingerprint density at radius 2 is 1.77 bits per heavy atom. The van der Waals surface area contributed by atoms with Gasteiger partial charge in [0, 0.05) is 12.6 Å². The summed E-state index contributed by atoms with van der Waals surface area (Å²) < 4.78 is 29.7. The first-order valence-electron chi connectivity index (χ1n) is 8.13. The zero-order chi connectivity index (χ0) is 19.5. The van der Waals surface area contributed by atoms with Crippen molar-refractivity contribution < 1.29 is 17.9 Å². The maximum Gasteiger partial charge on any atom is 0.251 e. The fourth-order valence-corrected chi connectivity index (χ4v) is 3.15. The van der Waals surface area contributed by atoms with Crippen molar-refractivity contribution in [3.8, 4) is 5.75 Å². The van der Waals surface area contributed by atoms with Crippen LogP contribution in [0.5, 0.6) is 5.75 Å². The predicted octanol–water partition coefficient (Wildman–Crippen LogP) is 2.89. The van der Waals surface area contributed by atoms with Gasteiger partial charge in [-0.3, -0.25) is 9.10 Å². The van der Waals surface area contributed by atoms with Gasteiger partial charge < -0.3 is 10.1 Å². The Labute approximate surface area is 154 Å². The molecule has 1 amide bonds. The smallest absolute Gasteiger partial charge is 0.251 e. The molecule has 2 rings (SSSR count). The van der Waals surface area contributed by atoms with Crippen molar-refractivity contribution in [3.05, 3.63) is 59.2 Å². The van der Waals surface area contributed by atoms with Crippen LogP contribution in [0.15, 0.2) is 42.5 Å². The Balaban J connectivity index is 2.15. The molecular weight excluding hydrogens is 352 g/mol. The summed E-state index contributed by atoms with van der Waals surface area (Å²) in [5.41, 5.74) is 2.70. The third-order valence-corrected chi connectivity index (χ3v) is 5.45. The van der Waals surface area contributed by atoms with Crippen molar-refractivity contribution in [2.75, 3.05) is 24.7 Å². The first-order valence-corrected chi connectivity index (χ1v) is 9.97. The lowest BCUT2D eigenvalue weighted by atomic mass is 10.1. The highest BCUT2D eigenvalue weighted by molar-refractivity contribution is 7.92. The highest BCUT2D eigenvalue weighted by atomic mass is 32.2. The molecule has 0 aliphatic rings. The Morgan fingerprint density at radius 1 is 1.15 bits per heavy atom. The maximum absolute atomic E-state index is 12.5. The van der Waals surface area contributed by atoms with Gasteiger partial charge >= 0.3 is 0 Å². The van der Waals surface area contributed by atoms with E-state index in [1.807, 2.05) is 31.2 Å². The van der Waals surface area contributed by atoms with Crippen molar-refractivity contribution in [1.82, 2.24) is 5.32 Å². The summed E-state index contributed by atoms with van der Waals surface area (Å²) in [5.74, 6) is 0.540. The molecule has 0 aliphatic heterocycles. The molecule has 0 heterocycles. The second-order valence-corrected chi connectivity index (χ2v) is 8.21. The zero-order valence-electron chi connectivity index (χ0n) is 15.6. The molecule has 0 spiro atoms. The molecule has 6 nitrogen and oxygen atoms in total. The molecule has 0 fully saturated rings. The number of hydrogen-bond donors (Lipinski definition) is 1. The van der Waals surface area contributed by atoms with Crippen LogP contribution in [-0.2, 0) is 10.0 Å². The third kappa shape index (κ3) is 4.54. The van der Waals surface area contributed by atoms with Gasteiger partial charge in [-0.05, 0) is 55.3 Å². The fourth-order valence-electron chi connectivity index (χ4n) is 2.58. The Hall–Kier alpha value is -2.54. The van der Waals surface area contributed by atoms with Crippen molar-refractivity contribution in [1.29, 1.82) is 0 Å². The third-order valence-electron chi connectivity index (χ3n) is 4.26. The van der Waals surface area contributed by atoms with Crippen molar-refractivity contribution in [3.63, 3.8) is 0 Å². The van der Waals surface area contributed by atoms with E-state index in [0.717, 1.165) is 17.6 Å². The number of nitrogens with one attached hydrogen (secondary N) is 1. The molecule has 1 N–H and O–H groups in total. The monoisotopic (exact) mass is 376 g/mol. The van der Waals surface area contributed by atoms with E-state index < -0.39 is 10.0 Å². The maximum atomic E-state index is 12.5. The largest absolute Gasteiger partial charge is 0.497 e. The molecule has 0 bridgehead atoms. The number of sulfonamides is 1. The molecule has 0 unspecified atom stereocenters. The molecule has 0 saturated heterocycles. The molecule has 0 saturated carbocycles. The van der Waals surface area contributed by atoms with Gasteiger partial charge in [-0.1, -0.05) is 12.1 Å². The number of carbonyl (C=O) groups is 1. The summed E-state index contributed by atoms with van der Waals surface area (Å²) in [6.07, 6.45) is 1.14. The van der Waals surface area contributed by atoms with Gasteiger partial charge in [0.1, 0.15) is 5.75 Å². The number of ether oxygens (including phenoxy) is 1. The summed E-state index contributed by atoms with van der Waals surface area (Å²) >= 11 is 0. The van der Waals surface area contributed by atoms with Crippen LogP contribution in [0, 0.1) is 6.92 Å². The van der Waals surface area contributed by atoms with Crippen LogP contribution in [0.25, 0.3) is 0 Å². The Morgan fingerprint density at radius 3 is 2.27 bits per heavy atom. The van der Waals surface area contributed by atoms with Crippen LogP contribution >= 0.6 is 0 Å². The molecule has 0 aliphatic carbocycles. The number of hydrogen-bond acceptors (Lipinski definition) is 4. The van der Waals surface area contributed by atoms with Gasteiger partial charge in [-0.25, -0.2) is 8.42 Å². The minimum Gasteiger partial charge on any atom is -0.497 e. The van der Waals surface area contributed by atoms with Crippen LogP contribution in [0.2, 0.25) is 0 Å². The summed E-state index contributed by atoms with van der Waals surface area (Å²) in [6, 6.07) is 12.3. The van der Waals surface area contributed by atoms with Gasteiger partial charge in [-0.2, -0.15) is 0 Å². The minimum atomic E-state index is -3.35. The normalized spacial score (nSPS) is 12.3. The van der Waals surface area contributed by atoms with E-state index in [0.29, 0.717) is 16.8 Å². The van der Waals surface area contributed by atoms with Crippen molar-refractivity contribution in [2.24, 2.45) is 0 Å². The summed E-state index contributed by atoms with van der Waals surface area (Å²) in [7, 11) is -0.256. The first-order chi connectivity index (χ1) is 12.1. The lowest BCUT2D eigenvalue weighted by Gasteiger charge is -2.20. The lowest BCUT2D eigenvalue weighted by molar-refractivity contribution is 0.0940. The van der Waals surface area contributed by atoms with Gasteiger partial charge in [0.15, 0.2) is 0 Å². The van der Waals surface area contributed by atoms with E-state index in [1.165, 1.54) is 11.4 Å². The predicted molar refractivity (Wildman–Crippen MR) is 103 cm³/mol. The summed E-state index contributed by atoms with van der Waals surface area (Å²) in [5, 5.41) is 2.94. The zero-order valence-corrected chi connectivity index (χ0v) is 16.4. The Kier molecular flexibility index (Phi) is 5.92. The van der Waals surface area contributed by atoms with E-state index in [1.54, 1.807) is 32.2 Å². The molecule has 1 atom stereocenters. The molecule has 2 aromatic rings. The van der Waals surface area contributed by atoms with Gasteiger partial charge in [0.05, 0.1) is 25.1 Å².